The minimum Gasteiger partial charge on any atom is -0.481 e. The summed E-state index contributed by atoms with van der Waals surface area (Å²) in [4.78, 5) is 15.0. The molecule has 6 nitrogen and oxygen atoms in total. The predicted octanol–water partition coefficient (Wildman–Crippen LogP) is 6.20. The molecule has 1 unspecified atom stereocenters. The molecule has 0 saturated carbocycles. The van der Waals surface area contributed by atoms with Crippen molar-refractivity contribution in [2.24, 2.45) is 0 Å². The van der Waals surface area contributed by atoms with Gasteiger partial charge in [0.1, 0.15) is 11.6 Å². The van der Waals surface area contributed by atoms with Gasteiger partial charge < -0.3 is 9.64 Å². The Balaban J connectivity index is 1.35. The number of nitrogens with zero attached hydrogens (tertiary/aromatic N) is 2. The van der Waals surface area contributed by atoms with Gasteiger partial charge >= 0.3 is 0 Å². The Kier molecular flexibility index (Phi) is 8.47. The molecule has 1 heterocycles. The molecule has 3 aromatic rings. The van der Waals surface area contributed by atoms with Gasteiger partial charge in [0.15, 0.2) is 6.10 Å². The molecule has 3 aromatic carbocycles. The normalized spacial score (nSPS) is 15.3. The number of amides is 1. The third kappa shape index (κ3) is 6.04. The number of hydrogen-bond acceptors (Lipinski definition) is 4. The lowest BCUT2D eigenvalue weighted by Crippen LogP contribution is -2.44. The molecule has 4 rings (SSSR count). The minimum absolute atomic E-state index is 0.0769. The molecular formula is C29H32BrFN2O4S. The molecule has 0 spiro atoms. The van der Waals surface area contributed by atoms with Gasteiger partial charge in [-0.2, -0.15) is 0 Å². The van der Waals surface area contributed by atoms with Gasteiger partial charge in [0.25, 0.3) is 15.9 Å². The Bertz CT molecular complexity index is 1420. The van der Waals surface area contributed by atoms with Crippen molar-refractivity contribution in [1.29, 1.82) is 0 Å². The lowest BCUT2D eigenvalue weighted by Gasteiger charge is -2.34. The minimum atomic E-state index is -3.72. The van der Waals surface area contributed by atoms with E-state index in [1.54, 1.807) is 60.4 Å². The molecule has 0 radical (unpaired) electrons. The first-order valence-electron chi connectivity index (χ1n) is 12.5. The summed E-state index contributed by atoms with van der Waals surface area (Å²) in [5, 5.41) is 0. The van der Waals surface area contributed by atoms with Gasteiger partial charge in [0, 0.05) is 24.6 Å². The van der Waals surface area contributed by atoms with Gasteiger partial charge in [0.2, 0.25) is 0 Å². The van der Waals surface area contributed by atoms with Crippen molar-refractivity contribution in [1.82, 2.24) is 4.90 Å². The van der Waals surface area contributed by atoms with Gasteiger partial charge in [-0.1, -0.05) is 28.1 Å². The maximum Gasteiger partial charge on any atom is 0.264 e. The van der Waals surface area contributed by atoms with E-state index < -0.39 is 16.1 Å². The first-order chi connectivity index (χ1) is 18.0. The summed E-state index contributed by atoms with van der Waals surface area (Å²) in [5.41, 5.74) is 3.11. The van der Waals surface area contributed by atoms with E-state index >= 15 is 0 Å². The Morgan fingerprint density at radius 3 is 2.29 bits per heavy atom. The van der Waals surface area contributed by atoms with E-state index in [2.05, 4.69) is 15.9 Å². The number of likely N-dealkylation sites (tertiary alicyclic amines) is 1. The highest BCUT2D eigenvalue weighted by Crippen LogP contribution is 2.32. The first-order valence-corrected chi connectivity index (χ1v) is 14.8. The summed E-state index contributed by atoms with van der Waals surface area (Å²) < 4.78 is 48.4. The number of aryl methyl sites for hydroxylation is 2. The molecule has 1 fully saturated rings. The van der Waals surface area contributed by atoms with Gasteiger partial charge in [-0.3, -0.25) is 9.10 Å². The first kappa shape index (κ1) is 28.1. The fourth-order valence-corrected chi connectivity index (χ4v) is 6.28. The number of sulfonamides is 1. The van der Waals surface area contributed by atoms with Crippen LogP contribution >= 0.6 is 15.9 Å². The molecule has 1 aliphatic rings. The van der Waals surface area contributed by atoms with Crippen LogP contribution in [0, 0.1) is 19.7 Å². The molecule has 0 aliphatic carbocycles. The van der Waals surface area contributed by atoms with Crippen LogP contribution in [0.25, 0.3) is 0 Å². The summed E-state index contributed by atoms with van der Waals surface area (Å²) in [6, 6.07) is 16.8. The zero-order valence-corrected chi connectivity index (χ0v) is 24.4. The van der Waals surface area contributed by atoms with Crippen molar-refractivity contribution in [2.45, 2.75) is 50.5 Å². The predicted molar refractivity (Wildman–Crippen MR) is 151 cm³/mol. The largest absolute Gasteiger partial charge is 0.481 e. The Morgan fingerprint density at radius 1 is 1.03 bits per heavy atom. The smallest absolute Gasteiger partial charge is 0.264 e. The summed E-state index contributed by atoms with van der Waals surface area (Å²) in [5.74, 6) is 0.196. The molecule has 1 aliphatic heterocycles. The van der Waals surface area contributed by atoms with Crippen LogP contribution in [-0.2, 0) is 14.8 Å². The molecular weight excluding hydrogens is 571 g/mol. The van der Waals surface area contributed by atoms with Crippen LogP contribution in [0.2, 0.25) is 0 Å². The summed E-state index contributed by atoms with van der Waals surface area (Å²) in [6.45, 7) is 6.59. The summed E-state index contributed by atoms with van der Waals surface area (Å²) in [7, 11) is -2.21. The van der Waals surface area contributed by atoms with Gasteiger partial charge in [-0.05, 0) is 105 Å². The van der Waals surface area contributed by atoms with Crippen molar-refractivity contribution >= 4 is 37.5 Å². The fraction of sp³-hybridized carbons (Fsp3) is 0.345. The molecule has 0 aromatic heterocycles. The monoisotopic (exact) mass is 602 g/mol. The van der Waals surface area contributed by atoms with Crippen LogP contribution < -0.4 is 9.04 Å². The SMILES string of the molecule is Cc1ccc(S(=O)(=O)N(C)c2ccc(OC(C)C(=O)N3CCC(c4ccc(Br)cc4F)CC3)cc2)cc1C. The number of benzene rings is 3. The number of piperidine rings is 1. The molecule has 0 N–H and O–H groups in total. The number of hydrogen-bond donors (Lipinski definition) is 0. The number of anilines is 1. The highest BCUT2D eigenvalue weighted by Gasteiger charge is 2.29. The third-order valence-corrected chi connectivity index (χ3v) is 9.48. The van der Waals surface area contributed by atoms with E-state index in [-0.39, 0.29) is 22.5 Å². The quantitative estimate of drug-likeness (QED) is 0.323. The van der Waals surface area contributed by atoms with Crippen molar-refractivity contribution in [2.75, 3.05) is 24.4 Å². The Labute approximate surface area is 232 Å². The zero-order chi connectivity index (χ0) is 27.6. The molecule has 202 valence electrons. The maximum absolute atomic E-state index is 14.4. The highest BCUT2D eigenvalue weighted by atomic mass is 79.9. The fourth-order valence-electron chi connectivity index (χ4n) is 4.66. The highest BCUT2D eigenvalue weighted by molar-refractivity contribution is 9.10. The Morgan fingerprint density at radius 2 is 1.68 bits per heavy atom. The average molecular weight is 604 g/mol. The average Bonchev–Trinajstić information content (AvgIpc) is 2.90. The van der Waals surface area contributed by atoms with E-state index in [0.717, 1.165) is 11.1 Å². The van der Waals surface area contributed by atoms with Crippen LogP contribution in [0.3, 0.4) is 0 Å². The molecule has 1 atom stereocenters. The number of rotatable bonds is 7. The molecule has 1 saturated heterocycles. The second kappa shape index (κ2) is 11.5. The summed E-state index contributed by atoms with van der Waals surface area (Å²) in [6.07, 6.45) is 0.666. The number of halogens is 2. The van der Waals surface area contributed by atoms with Crippen LogP contribution in [0.15, 0.2) is 70.0 Å². The number of carbonyl (C=O) groups excluding carboxylic acids is 1. The zero-order valence-electron chi connectivity index (χ0n) is 21.9. The van der Waals surface area contributed by atoms with E-state index in [9.17, 15) is 17.6 Å². The van der Waals surface area contributed by atoms with Crippen LogP contribution in [-0.4, -0.2) is 45.5 Å². The van der Waals surface area contributed by atoms with Crippen molar-refractivity contribution in [3.05, 3.63) is 87.6 Å². The number of ether oxygens (including phenoxy) is 1. The maximum atomic E-state index is 14.4. The van der Waals surface area contributed by atoms with Crippen LogP contribution in [0.4, 0.5) is 10.1 Å². The lowest BCUT2D eigenvalue weighted by atomic mass is 9.89. The molecule has 0 bridgehead atoms. The standard InChI is InChI=1S/C29H32BrFN2O4S/c1-19-5-11-26(17-20(19)2)38(35,36)32(4)24-7-9-25(10-8-24)37-21(3)29(34)33-15-13-22(14-16-33)27-12-6-23(30)18-28(27)31/h5-12,17-18,21-22H,13-16H2,1-4H3. The topological polar surface area (TPSA) is 66.9 Å². The van der Waals surface area contributed by atoms with Crippen molar-refractivity contribution in [3.8, 4) is 5.75 Å². The molecule has 9 heteroatoms. The van der Waals surface area contributed by atoms with Crippen molar-refractivity contribution < 1.29 is 22.3 Å². The van der Waals surface area contributed by atoms with E-state index in [1.807, 2.05) is 19.9 Å². The molecule has 1 amide bonds. The summed E-state index contributed by atoms with van der Waals surface area (Å²) >= 11 is 3.29. The molecule has 38 heavy (non-hydrogen) atoms. The second-order valence-corrected chi connectivity index (χ2v) is 12.6. The van der Waals surface area contributed by atoms with Crippen LogP contribution in [0.5, 0.6) is 5.75 Å². The van der Waals surface area contributed by atoms with E-state index in [4.69, 9.17) is 4.74 Å². The van der Waals surface area contributed by atoms with E-state index in [1.165, 1.54) is 17.4 Å². The number of carbonyl (C=O) groups is 1. The third-order valence-electron chi connectivity index (χ3n) is 7.21. The van der Waals surface area contributed by atoms with E-state index in [0.29, 0.717) is 47.4 Å². The second-order valence-electron chi connectivity index (χ2n) is 9.74. The van der Waals surface area contributed by atoms with Gasteiger partial charge in [-0.25, -0.2) is 12.8 Å². The Hall–Kier alpha value is -2.91. The lowest BCUT2D eigenvalue weighted by molar-refractivity contribution is -0.139. The van der Waals surface area contributed by atoms with Gasteiger partial charge in [-0.15, -0.1) is 0 Å². The van der Waals surface area contributed by atoms with Crippen LogP contribution in [0.1, 0.15) is 42.4 Å². The van der Waals surface area contributed by atoms with Gasteiger partial charge in [0.05, 0.1) is 10.6 Å². The van der Waals surface area contributed by atoms with Crippen molar-refractivity contribution in [3.63, 3.8) is 0 Å².